The Bertz CT molecular complexity index is 159. The van der Waals surface area contributed by atoms with Gasteiger partial charge < -0.3 is 0 Å². The molecule has 0 aromatic carbocycles. The molecule has 0 nitrogen and oxygen atoms in total. The van der Waals surface area contributed by atoms with Crippen LogP contribution in [-0.4, -0.2) is 0 Å². The van der Waals surface area contributed by atoms with E-state index in [9.17, 15) is 0 Å². The van der Waals surface area contributed by atoms with Crippen LogP contribution in [0.15, 0.2) is 0 Å². The van der Waals surface area contributed by atoms with E-state index in [1.54, 1.807) is 0 Å². The molecule has 0 spiro atoms. The van der Waals surface area contributed by atoms with Gasteiger partial charge in [0.25, 0.3) is 0 Å². The Hall–Kier alpha value is -0.440. The molecule has 0 aliphatic carbocycles. The van der Waals surface area contributed by atoms with Gasteiger partial charge in [0, 0.05) is 6.42 Å². The minimum atomic E-state index is 0.828. The average Bonchev–Trinajstić information content (AvgIpc) is 2.12. The van der Waals surface area contributed by atoms with Gasteiger partial charge in [-0.2, -0.15) is 0 Å². The summed E-state index contributed by atoms with van der Waals surface area (Å²) in [5, 5.41) is 0. The van der Waals surface area contributed by atoms with E-state index in [1.807, 2.05) is 6.92 Å². The SMILES string of the molecule is CC#CCC(CC)CC(C)CCC. The van der Waals surface area contributed by atoms with Crippen LogP contribution in [0, 0.1) is 23.7 Å². The summed E-state index contributed by atoms with van der Waals surface area (Å²) in [5.41, 5.74) is 0. The summed E-state index contributed by atoms with van der Waals surface area (Å²) >= 11 is 0. The summed E-state index contributed by atoms with van der Waals surface area (Å²) in [6.07, 6.45) is 6.43. The monoisotopic (exact) mass is 180 g/mol. The predicted octanol–water partition coefficient (Wildman–Crippen LogP) is 4.25. The lowest BCUT2D eigenvalue weighted by molar-refractivity contribution is 0.368. The molecule has 0 aromatic heterocycles. The van der Waals surface area contributed by atoms with Crippen molar-refractivity contribution >= 4 is 0 Å². The van der Waals surface area contributed by atoms with Crippen molar-refractivity contribution in [1.82, 2.24) is 0 Å². The summed E-state index contributed by atoms with van der Waals surface area (Å²) in [6.45, 7) is 8.84. The molecule has 0 aliphatic rings. The van der Waals surface area contributed by atoms with Crippen molar-refractivity contribution in [3.8, 4) is 11.8 Å². The normalized spacial score (nSPS) is 14.5. The Morgan fingerprint density at radius 3 is 2.38 bits per heavy atom. The summed E-state index contributed by atoms with van der Waals surface area (Å²) in [6, 6.07) is 0. The first-order chi connectivity index (χ1) is 6.24. The maximum Gasteiger partial charge on any atom is 0.0117 e. The van der Waals surface area contributed by atoms with Gasteiger partial charge in [-0.05, 0) is 25.2 Å². The average molecular weight is 180 g/mol. The van der Waals surface area contributed by atoms with Crippen molar-refractivity contribution in [1.29, 1.82) is 0 Å². The highest BCUT2D eigenvalue weighted by atomic mass is 14.1. The summed E-state index contributed by atoms with van der Waals surface area (Å²) in [5.74, 6) is 7.90. The lowest BCUT2D eigenvalue weighted by Crippen LogP contribution is -2.05. The highest BCUT2D eigenvalue weighted by Gasteiger charge is 2.09. The highest BCUT2D eigenvalue weighted by molar-refractivity contribution is 4.96. The van der Waals surface area contributed by atoms with Crippen LogP contribution >= 0.6 is 0 Å². The number of hydrogen-bond acceptors (Lipinski definition) is 0. The highest BCUT2D eigenvalue weighted by Crippen LogP contribution is 2.21. The number of rotatable bonds is 6. The van der Waals surface area contributed by atoms with E-state index in [-0.39, 0.29) is 0 Å². The molecule has 0 saturated carbocycles. The van der Waals surface area contributed by atoms with Gasteiger partial charge in [-0.25, -0.2) is 0 Å². The molecule has 0 aliphatic heterocycles. The molecule has 0 aromatic rings. The second-order valence-corrected chi connectivity index (χ2v) is 4.03. The largest absolute Gasteiger partial charge is 0.107 e. The molecule has 0 saturated heterocycles. The van der Waals surface area contributed by atoms with Gasteiger partial charge in [0.2, 0.25) is 0 Å². The summed E-state index contributed by atoms with van der Waals surface area (Å²) in [4.78, 5) is 0. The smallest absolute Gasteiger partial charge is 0.0117 e. The van der Waals surface area contributed by atoms with E-state index in [0.717, 1.165) is 18.3 Å². The molecule has 0 heteroatoms. The van der Waals surface area contributed by atoms with Crippen molar-refractivity contribution in [2.24, 2.45) is 11.8 Å². The van der Waals surface area contributed by atoms with Crippen LogP contribution in [0.25, 0.3) is 0 Å². The quantitative estimate of drug-likeness (QED) is 0.536. The lowest BCUT2D eigenvalue weighted by atomic mass is 9.89. The molecule has 13 heavy (non-hydrogen) atoms. The van der Waals surface area contributed by atoms with Crippen LogP contribution in [-0.2, 0) is 0 Å². The van der Waals surface area contributed by atoms with E-state index in [4.69, 9.17) is 0 Å². The Labute approximate surface area is 84.1 Å². The molecule has 2 atom stereocenters. The van der Waals surface area contributed by atoms with Gasteiger partial charge in [-0.15, -0.1) is 11.8 Å². The Morgan fingerprint density at radius 1 is 1.23 bits per heavy atom. The fourth-order valence-electron chi connectivity index (χ4n) is 1.82. The van der Waals surface area contributed by atoms with Crippen LogP contribution in [0.2, 0.25) is 0 Å². The topological polar surface area (TPSA) is 0 Å². The van der Waals surface area contributed by atoms with Gasteiger partial charge in [0.1, 0.15) is 0 Å². The molecule has 76 valence electrons. The Balaban J connectivity index is 3.73. The Kier molecular flexibility index (Phi) is 7.90. The second kappa shape index (κ2) is 8.17. The summed E-state index contributed by atoms with van der Waals surface area (Å²) in [7, 11) is 0. The molecule has 0 radical (unpaired) electrons. The van der Waals surface area contributed by atoms with Crippen LogP contribution < -0.4 is 0 Å². The van der Waals surface area contributed by atoms with Gasteiger partial charge in [-0.3, -0.25) is 0 Å². The van der Waals surface area contributed by atoms with E-state index in [1.165, 1.54) is 25.7 Å². The molecule has 0 amide bonds. The van der Waals surface area contributed by atoms with Gasteiger partial charge in [0.05, 0.1) is 0 Å². The van der Waals surface area contributed by atoms with Gasteiger partial charge >= 0.3 is 0 Å². The second-order valence-electron chi connectivity index (χ2n) is 4.03. The third-order valence-corrected chi connectivity index (χ3v) is 2.66. The molecule has 0 bridgehead atoms. The standard InChI is InChI=1S/C13H24/c1-5-8-10-13(7-3)11-12(4)9-6-2/h12-13H,6-7,9-11H2,1-4H3. The molecule has 2 unspecified atom stereocenters. The fourth-order valence-corrected chi connectivity index (χ4v) is 1.82. The van der Waals surface area contributed by atoms with E-state index in [0.29, 0.717) is 0 Å². The minimum Gasteiger partial charge on any atom is -0.107 e. The molecule has 0 N–H and O–H groups in total. The first-order valence-electron chi connectivity index (χ1n) is 5.64. The molecular weight excluding hydrogens is 156 g/mol. The zero-order chi connectivity index (χ0) is 10.1. The lowest BCUT2D eigenvalue weighted by Gasteiger charge is -2.16. The van der Waals surface area contributed by atoms with E-state index >= 15 is 0 Å². The van der Waals surface area contributed by atoms with Crippen molar-refractivity contribution in [2.45, 2.75) is 59.8 Å². The fraction of sp³-hybridized carbons (Fsp3) is 0.846. The molecule has 0 heterocycles. The van der Waals surface area contributed by atoms with Crippen molar-refractivity contribution in [2.75, 3.05) is 0 Å². The van der Waals surface area contributed by atoms with Crippen molar-refractivity contribution in [3.05, 3.63) is 0 Å². The zero-order valence-electron chi connectivity index (χ0n) is 9.69. The predicted molar refractivity (Wildman–Crippen MR) is 60.5 cm³/mol. The van der Waals surface area contributed by atoms with Crippen molar-refractivity contribution < 1.29 is 0 Å². The van der Waals surface area contributed by atoms with Crippen LogP contribution in [0.5, 0.6) is 0 Å². The van der Waals surface area contributed by atoms with Gasteiger partial charge in [-0.1, -0.05) is 40.0 Å². The van der Waals surface area contributed by atoms with Crippen LogP contribution in [0.4, 0.5) is 0 Å². The maximum absolute atomic E-state index is 3.20. The first-order valence-corrected chi connectivity index (χ1v) is 5.64. The molecular formula is C13H24. The minimum absolute atomic E-state index is 0.828. The third kappa shape index (κ3) is 6.70. The van der Waals surface area contributed by atoms with Crippen molar-refractivity contribution in [3.63, 3.8) is 0 Å². The number of hydrogen-bond donors (Lipinski definition) is 0. The van der Waals surface area contributed by atoms with Crippen LogP contribution in [0.3, 0.4) is 0 Å². The van der Waals surface area contributed by atoms with E-state index < -0.39 is 0 Å². The van der Waals surface area contributed by atoms with Gasteiger partial charge in [0.15, 0.2) is 0 Å². The summed E-state index contributed by atoms with van der Waals surface area (Å²) < 4.78 is 0. The third-order valence-electron chi connectivity index (χ3n) is 2.66. The van der Waals surface area contributed by atoms with Crippen LogP contribution in [0.1, 0.15) is 59.8 Å². The maximum atomic E-state index is 3.20. The molecule has 0 rings (SSSR count). The molecule has 0 fully saturated rings. The zero-order valence-corrected chi connectivity index (χ0v) is 9.69. The first kappa shape index (κ1) is 12.6. The Morgan fingerprint density at radius 2 is 1.92 bits per heavy atom. The van der Waals surface area contributed by atoms with E-state index in [2.05, 4.69) is 32.6 Å².